The molecule has 1 aliphatic carbocycles. The van der Waals surface area contributed by atoms with Crippen LogP contribution in [-0.2, 0) is 5.41 Å². The van der Waals surface area contributed by atoms with Gasteiger partial charge >= 0.3 is 0 Å². The molecule has 8 aromatic carbocycles. The monoisotopic (exact) mass is 703 g/mol. The average molecular weight is 704 g/mol. The number of hydrogen-bond donors (Lipinski definition) is 0. The molecule has 0 saturated carbocycles. The maximum absolute atomic E-state index is 6.77. The largest absolute Gasteiger partial charge is 0.450 e. The van der Waals surface area contributed by atoms with Gasteiger partial charge in [0.15, 0.2) is 23.0 Å². The Morgan fingerprint density at radius 2 is 0.891 bits per heavy atom. The van der Waals surface area contributed by atoms with E-state index in [4.69, 9.17) is 9.47 Å². The molecule has 2 heterocycles. The van der Waals surface area contributed by atoms with Crippen molar-refractivity contribution in [2.75, 3.05) is 0 Å². The molecule has 0 spiro atoms. The molecular formula is C52H33NO2. The smallest absolute Gasteiger partial charge is 0.170 e. The van der Waals surface area contributed by atoms with Crippen molar-refractivity contribution in [3.8, 4) is 67.5 Å². The fraction of sp³-hybridized carbons (Fsp3) is 0.0192. The first-order valence-corrected chi connectivity index (χ1v) is 18.7. The highest BCUT2D eigenvalue weighted by atomic mass is 16.6. The average Bonchev–Trinajstić information content (AvgIpc) is 3.55. The van der Waals surface area contributed by atoms with E-state index in [1.807, 2.05) is 18.3 Å². The fourth-order valence-electron chi connectivity index (χ4n) is 8.84. The molecular weight excluding hydrogens is 671 g/mol. The van der Waals surface area contributed by atoms with Crippen molar-refractivity contribution in [3.63, 3.8) is 0 Å². The molecule has 9 aromatic rings. The van der Waals surface area contributed by atoms with E-state index >= 15 is 0 Å². The Hall–Kier alpha value is -7.23. The van der Waals surface area contributed by atoms with Crippen LogP contribution in [0.4, 0.5) is 0 Å². The topological polar surface area (TPSA) is 31.4 Å². The summed E-state index contributed by atoms with van der Waals surface area (Å²) >= 11 is 0. The van der Waals surface area contributed by atoms with E-state index in [2.05, 4.69) is 187 Å². The van der Waals surface area contributed by atoms with Gasteiger partial charge in [0.25, 0.3) is 0 Å². The first-order chi connectivity index (χ1) is 27.3. The van der Waals surface area contributed by atoms with Crippen molar-refractivity contribution < 1.29 is 9.47 Å². The van der Waals surface area contributed by atoms with Crippen LogP contribution in [0.15, 0.2) is 200 Å². The fourth-order valence-corrected chi connectivity index (χ4v) is 8.84. The van der Waals surface area contributed by atoms with Gasteiger partial charge in [-0.05, 0) is 91.5 Å². The van der Waals surface area contributed by atoms with E-state index in [1.54, 1.807) is 0 Å². The number of fused-ring (bicyclic) bond motifs is 6. The van der Waals surface area contributed by atoms with Gasteiger partial charge in [0.2, 0.25) is 0 Å². The van der Waals surface area contributed by atoms with Crippen LogP contribution in [0.2, 0.25) is 0 Å². The number of aromatic nitrogens is 1. The van der Waals surface area contributed by atoms with E-state index < -0.39 is 5.41 Å². The molecule has 1 aliphatic heterocycles. The molecule has 3 nitrogen and oxygen atoms in total. The summed E-state index contributed by atoms with van der Waals surface area (Å²) in [5, 5.41) is 1.14. The third-order valence-electron chi connectivity index (χ3n) is 11.3. The Bertz CT molecular complexity index is 2870. The number of benzene rings is 8. The van der Waals surface area contributed by atoms with Crippen LogP contribution in [0, 0.1) is 0 Å². The SMILES string of the molecule is c1ccc(C2(c3ccccc3)c3ccccc3-c3cc4c(cc32)Oc2ccc(-c3ccccc3-c3ccc(-c5cccc6cccnc56)cc3)cc2O4)cc1. The zero-order valence-electron chi connectivity index (χ0n) is 29.8. The number of pyridine rings is 1. The second-order valence-electron chi connectivity index (χ2n) is 14.2. The minimum Gasteiger partial charge on any atom is -0.450 e. The number of hydrogen-bond acceptors (Lipinski definition) is 3. The predicted molar refractivity (Wildman–Crippen MR) is 222 cm³/mol. The molecule has 0 bridgehead atoms. The summed E-state index contributed by atoms with van der Waals surface area (Å²) in [6.07, 6.45) is 1.86. The minimum absolute atomic E-state index is 0.509. The molecule has 258 valence electrons. The summed E-state index contributed by atoms with van der Waals surface area (Å²) in [6, 6.07) is 68.8. The number of rotatable bonds is 5. The normalized spacial score (nSPS) is 13.2. The highest BCUT2D eigenvalue weighted by molar-refractivity contribution is 5.94. The van der Waals surface area contributed by atoms with Crippen LogP contribution in [0.1, 0.15) is 22.3 Å². The van der Waals surface area contributed by atoms with Gasteiger partial charge in [-0.2, -0.15) is 0 Å². The Kier molecular flexibility index (Phi) is 7.08. The summed E-state index contributed by atoms with van der Waals surface area (Å²) in [7, 11) is 0. The lowest BCUT2D eigenvalue weighted by molar-refractivity contribution is 0.359. The molecule has 0 fully saturated rings. The lowest BCUT2D eigenvalue weighted by Crippen LogP contribution is -2.28. The number of para-hydroxylation sites is 1. The van der Waals surface area contributed by atoms with Gasteiger partial charge in [-0.1, -0.05) is 164 Å². The maximum Gasteiger partial charge on any atom is 0.170 e. The summed E-state index contributed by atoms with van der Waals surface area (Å²) in [4.78, 5) is 4.68. The third kappa shape index (κ3) is 4.87. The standard InChI is InChI=1S/C52H33NO2/c1-3-15-38(16-4-1)52(39-17-5-2-6-18-39)45-23-10-9-21-43(45)44-32-49-50(33-46(44)52)54-47-29-28-37(31-48(47)55-49)41-20-8-7-19-40(41)34-24-26-35(27-25-34)42-22-11-13-36-14-12-30-53-51(36)42/h1-33H. The van der Waals surface area contributed by atoms with Crippen LogP contribution >= 0.6 is 0 Å². The summed E-state index contributed by atoms with van der Waals surface area (Å²) < 4.78 is 13.5. The van der Waals surface area contributed by atoms with E-state index in [9.17, 15) is 0 Å². The molecule has 0 amide bonds. The van der Waals surface area contributed by atoms with E-state index in [0.717, 1.165) is 49.8 Å². The van der Waals surface area contributed by atoms with Crippen LogP contribution in [0.25, 0.3) is 55.4 Å². The van der Waals surface area contributed by atoms with Gasteiger partial charge in [-0.15, -0.1) is 0 Å². The first-order valence-electron chi connectivity index (χ1n) is 18.7. The Labute approximate surface area is 319 Å². The quantitative estimate of drug-likeness (QED) is 0.179. The van der Waals surface area contributed by atoms with E-state index in [1.165, 1.54) is 27.8 Å². The zero-order valence-corrected chi connectivity index (χ0v) is 29.8. The molecule has 11 rings (SSSR count). The molecule has 0 N–H and O–H groups in total. The predicted octanol–water partition coefficient (Wildman–Crippen LogP) is 13.5. The molecule has 0 radical (unpaired) electrons. The molecule has 0 saturated heterocycles. The highest BCUT2D eigenvalue weighted by Crippen LogP contribution is 2.60. The maximum atomic E-state index is 6.77. The lowest BCUT2D eigenvalue weighted by atomic mass is 9.67. The Morgan fingerprint density at radius 1 is 0.345 bits per heavy atom. The van der Waals surface area contributed by atoms with Crippen LogP contribution in [0.5, 0.6) is 23.0 Å². The van der Waals surface area contributed by atoms with Gasteiger partial charge in [0, 0.05) is 17.1 Å². The lowest BCUT2D eigenvalue weighted by Gasteiger charge is -2.34. The summed E-state index contributed by atoms with van der Waals surface area (Å²) in [6.45, 7) is 0. The number of ether oxygens (including phenoxy) is 2. The van der Waals surface area contributed by atoms with Crippen molar-refractivity contribution in [1.29, 1.82) is 0 Å². The molecule has 2 aliphatic rings. The third-order valence-corrected chi connectivity index (χ3v) is 11.3. The molecule has 0 atom stereocenters. The second-order valence-corrected chi connectivity index (χ2v) is 14.2. The Balaban J connectivity index is 0.976. The zero-order chi connectivity index (χ0) is 36.3. The number of nitrogens with zero attached hydrogens (tertiary/aromatic N) is 1. The molecule has 55 heavy (non-hydrogen) atoms. The van der Waals surface area contributed by atoms with Crippen molar-refractivity contribution >= 4 is 10.9 Å². The van der Waals surface area contributed by atoms with Crippen molar-refractivity contribution in [3.05, 3.63) is 223 Å². The van der Waals surface area contributed by atoms with Crippen molar-refractivity contribution in [2.24, 2.45) is 0 Å². The molecule has 1 aromatic heterocycles. The second kappa shape index (κ2) is 12.4. The first kappa shape index (κ1) is 31.3. The van der Waals surface area contributed by atoms with Crippen molar-refractivity contribution in [1.82, 2.24) is 4.98 Å². The van der Waals surface area contributed by atoms with Crippen LogP contribution in [0.3, 0.4) is 0 Å². The van der Waals surface area contributed by atoms with E-state index in [0.29, 0.717) is 23.0 Å². The summed E-state index contributed by atoms with van der Waals surface area (Å²) in [5.41, 5.74) is 14.5. The highest BCUT2D eigenvalue weighted by Gasteiger charge is 2.47. The Morgan fingerprint density at radius 3 is 1.64 bits per heavy atom. The van der Waals surface area contributed by atoms with Gasteiger partial charge < -0.3 is 9.47 Å². The van der Waals surface area contributed by atoms with Crippen molar-refractivity contribution in [2.45, 2.75) is 5.41 Å². The minimum atomic E-state index is -0.509. The van der Waals surface area contributed by atoms with E-state index in [-0.39, 0.29) is 0 Å². The van der Waals surface area contributed by atoms with Crippen LogP contribution in [-0.4, -0.2) is 4.98 Å². The molecule has 0 unspecified atom stereocenters. The van der Waals surface area contributed by atoms with Gasteiger partial charge in [0.05, 0.1) is 10.9 Å². The van der Waals surface area contributed by atoms with Gasteiger partial charge in [-0.3, -0.25) is 4.98 Å². The van der Waals surface area contributed by atoms with Crippen LogP contribution < -0.4 is 9.47 Å². The van der Waals surface area contributed by atoms with Gasteiger partial charge in [-0.25, -0.2) is 0 Å². The molecule has 3 heteroatoms. The summed E-state index contributed by atoms with van der Waals surface area (Å²) in [5.74, 6) is 2.82. The van der Waals surface area contributed by atoms with Gasteiger partial charge in [0.1, 0.15) is 0 Å².